The molecule has 0 aliphatic rings. The van der Waals surface area contributed by atoms with E-state index in [1.165, 1.54) is 0 Å². The van der Waals surface area contributed by atoms with E-state index in [9.17, 15) is 8.42 Å². The fraction of sp³-hybridized carbons (Fsp3) is 0.455. The summed E-state index contributed by atoms with van der Waals surface area (Å²) >= 11 is 1.76. The average molecular weight is 354 g/mol. The molecule has 90 valence electrons. The summed E-state index contributed by atoms with van der Waals surface area (Å²) in [5, 5.41) is 0. The van der Waals surface area contributed by atoms with E-state index < -0.39 is 10.1 Å². The zero-order valence-electron chi connectivity index (χ0n) is 9.53. The second-order valence-corrected chi connectivity index (χ2v) is 7.89. The Morgan fingerprint density at radius 1 is 1.19 bits per heavy atom. The second-order valence-electron chi connectivity index (χ2n) is 4.52. The highest BCUT2D eigenvalue weighted by atomic mass is 127. The fourth-order valence-electron chi connectivity index (χ4n) is 1.18. The molecule has 1 aromatic rings. The van der Waals surface area contributed by atoms with Crippen molar-refractivity contribution in [1.29, 1.82) is 0 Å². The highest BCUT2D eigenvalue weighted by molar-refractivity contribution is 14.1. The summed E-state index contributed by atoms with van der Waals surface area (Å²) in [5.74, 6) is 0.365. The van der Waals surface area contributed by atoms with Crippen LogP contribution in [0.5, 0.6) is 5.75 Å². The maximum Gasteiger partial charge on any atom is 0.318 e. The van der Waals surface area contributed by atoms with E-state index in [1.54, 1.807) is 34.7 Å². The van der Waals surface area contributed by atoms with Gasteiger partial charge in [-0.25, -0.2) is 0 Å². The molecule has 0 fully saturated rings. The largest absolute Gasteiger partial charge is 0.382 e. The molecule has 1 aromatic carbocycles. The maximum absolute atomic E-state index is 11.2. The normalized spacial score (nSPS) is 12.5. The molecule has 0 heterocycles. The van der Waals surface area contributed by atoms with Crippen molar-refractivity contribution < 1.29 is 12.6 Å². The molecule has 0 aromatic heterocycles. The molecule has 0 aliphatic heterocycles. The monoisotopic (exact) mass is 354 g/mol. The third-order valence-electron chi connectivity index (χ3n) is 2.08. The maximum atomic E-state index is 11.2. The van der Waals surface area contributed by atoms with Crippen molar-refractivity contribution in [2.45, 2.75) is 26.2 Å². The van der Waals surface area contributed by atoms with Gasteiger partial charge < -0.3 is 4.18 Å². The Kier molecular flexibility index (Phi) is 4.23. The Bertz CT molecular complexity index is 443. The highest BCUT2D eigenvalue weighted by Crippen LogP contribution is 2.24. The minimum Gasteiger partial charge on any atom is -0.382 e. The molecule has 5 heteroatoms. The lowest BCUT2D eigenvalue weighted by Crippen LogP contribution is -2.12. The number of hydrogen-bond acceptors (Lipinski definition) is 3. The first kappa shape index (κ1) is 13.8. The van der Waals surface area contributed by atoms with Crippen LogP contribution in [0.3, 0.4) is 0 Å². The van der Waals surface area contributed by atoms with Gasteiger partial charge in [0.2, 0.25) is 0 Å². The van der Waals surface area contributed by atoms with Crippen molar-refractivity contribution in [2.75, 3.05) is 3.76 Å². The van der Waals surface area contributed by atoms with Gasteiger partial charge in [0.05, 0.1) is 0 Å². The lowest BCUT2D eigenvalue weighted by atomic mass is 9.87. The molecule has 0 aliphatic carbocycles. The van der Waals surface area contributed by atoms with Crippen LogP contribution in [0.1, 0.15) is 26.3 Å². The predicted octanol–water partition coefficient (Wildman–Crippen LogP) is 3.09. The number of benzene rings is 1. The van der Waals surface area contributed by atoms with Crippen LogP contribution in [0.25, 0.3) is 0 Å². The Labute approximate surface area is 110 Å². The first-order chi connectivity index (χ1) is 7.24. The molecule has 0 radical (unpaired) electrons. The van der Waals surface area contributed by atoms with Crippen molar-refractivity contribution in [3.63, 3.8) is 0 Å². The average Bonchev–Trinajstić information content (AvgIpc) is 2.16. The number of rotatable bonds is 3. The van der Waals surface area contributed by atoms with Crippen LogP contribution in [0.2, 0.25) is 0 Å². The van der Waals surface area contributed by atoms with Gasteiger partial charge in [-0.3, -0.25) is 0 Å². The molecule has 1 rings (SSSR count). The Hall–Kier alpha value is -0.300. The van der Waals surface area contributed by atoms with E-state index in [2.05, 4.69) is 20.8 Å². The summed E-state index contributed by atoms with van der Waals surface area (Å²) in [5.41, 5.74) is 1.20. The van der Waals surface area contributed by atoms with Gasteiger partial charge in [0.25, 0.3) is 0 Å². The smallest absolute Gasteiger partial charge is 0.318 e. The summed E-state index contributed by atoms with van der Waals surface area (Å²) in [6.07, 6.45) is 0. The van der Waals surface area contributed by atoms with E-state index >= 15 is 0 Å². The Morgan fingerprint density at radius 2 is 1.69 bits per heavy atom. The van der Waals surface area contributed by atoms with Crippen molar-refractivity contribution in [3.05, 3.63) is 29.8 Å². The molecule has 0 unspecified atom stereocenters. The van der Waals surface area contributed by atoms with Crippen molar-refractivity contribution in [1.82, 2.24) is 0 Å². The van der Waals surface area contributed by atoms with E-state index in [4.69, 9.17) is 4.18 Å². The summed E-state index contributed by atoms with van der Waals surface area (Å²) in [4.78, 5) is 0. The molecule has 0 bridgehead atoms. The van der Waals surface area contributed by atoms with E-state index in [0.29, 0.717) is 5.75 Å². The van der Waals surface area contributed by atoms with Crippen LogP contribution in [0, 0.1) is 0 Å². The van der Waals surface area contributed by atoms with Gasteiger partial charge in [0.15, 0.2) is 0 Å². The molecule has 0 amide bonds. The topological polar surface area (TPSA) is 43.4 Å². The molecule has 0 saturated heterocycles. The van der Waals surface area contributed by atoms with Crippen LogP contribution in [0.15, 0.2) is 24.3 Å². The van der Waals surface area contributed by atoms with E-state index in [0.717, 1.165) is 5.56 Å². The molecule has 0 spiro atoms. The summed E-state index contributed by atoms with van der Waals surface area (Å²) < 4.78 is 27.3. The third-order valence-corrected chi connectivity index (χ3v) is 5.08. The predicted molar refractivity (Wildman–Crippen MR) is 73.6 cm³/mol. The minimum absolute atomic E-state index is 0.0498. The van der Waals surface area contributed by atoms with Crippen LogP contribution in [0.4, 0.5) is 0 Å². The summed E-state index contributed by atoms with van der Waals surface area (Å²) in [7, 11) is -3.43. The van der Waals surface area contributed by atoms with Gasteiger partial charge in [-0.1, -0.05) is 55.5 Å². The summed E-state index contributed by atoms with van der Waals surface area (Å²) in [6.45, 7) is 6.30. The molecule has 0 saturated carbocycles. The summed E-state index contributed by atoms with van der Waals surface area (Å²) in [6, 6.07) is 7.14. The van der Waals surface area contributed by atoms with Gasteiger partial charge >= 0.3 is 10.1 Å². The Balaban J connectivity index is 2.89. The van der Waals surface area contributed by atoms with Gasteiger partial charge in [-0.05, 0) is 23.1 Å². The molecular formula is C11H15IO3S. The number of hydrogen-bond donors (Lipinski definition) is 0. The van der Waals surface area contributed by atoms with Gasteiger partial charge in [-0.2, -0.15) is 8.42 Å². The SMILES string of the molecule is CC(C)(C)c1ccc(OS(=O)(=O)CI)cc1. The zero-order chi connectivity index (χ0) is 12.4. The van der Waals surface area contributed by atoms with Crippen LogP contribution in [-0.2, 0) is 15.5 Å². The minimum atomic E-state index is -3.43. The first-order valence-electron chi connectivity index (χ1n) is 4.83. The van der Waals surface area contributed by atoms with Crippen molar-refractivity contribution >= 4 is 32.7 Å². The lowest BCUT2D eigenvalue weighted by molar-refractivity contribution is 0.492. The molecule has 0 N–H and O–H groups in total. The fourth-order valence-corrected chi connectivity index (χ4v) is 2.01. The zero-order valence-corrected chi connectivity index (χ0v) is 12.5. The second kappa shape index (κ2) is 4.91. The lowest BCUT2D eigenvalue weighted by Gasteiger charge is -2.18. The molecular weight excluding hydrogens is 339 g/mol. The molecule has 3 nitrogen and oxygen atoms in total. The van der Waals surface area contributed by atoms with Crippen LogP contribution >= 0.6 is 22.6 Å². The standard InChI is InChI=1S/C11H15IO3S/c1-11(2,3)9-4-6-10(7-5-9)15-16(13,14)8-12/h4-7H,8H2,1-3H3. The van der Waals surface area contributed by atoms with E-state index in [1.807, 2.05) is 12.1 Å². The van der Waals surface area contributed by atoms with Gasteiger partial charge in [-0.15, -0.1) is 0 Å². The number of alkyl halides is 1. The van der Waals surface area contributed by atoms with E-state index in [-0.39, 0.29) is 9.17 Å². The van der Waals surface area contributed by atoms with Crippen LogP contribution in [-0.4, -0.2) is 12.2 Å². The van der Waals surface area contributed by atoms with Crippen molar-refractivity contribution in [3.8, 4) is 5.75 Å². The van der Waals surface area contributed by atoms with Gasteiger partial charge in [0, 0.05) is 0 Å². The quantitative estimate of drug-likeness (QED) is 0.476. The highest BCUT2D eigenvalue weighted by Gasteiger charge is 2.14. The van der Waals surface area contributed by atoms with Crippen molar-refractivity contribution in [2.24, 2.45) is 0 Å². The first-order valence-corrected chi connectivity index (χ1v) is 7.93. The molecule has 16 heavy (non-hydrogen) atoms. The molecule has 0 atom stereocenters. The third kappa shape index (κ3) is 3.93. The van der Waals surface area contributed by atoms with Crippen LogP contribution < -0.4 is 4.18 Å². The van der Waals surface area contributed by atoms with Gasteiger partial charge in [0.1, 0.15) is 9.51 Å². The Morgan fingerprint density at radius 3 is 2.06 bits per heavy atom. The number of halogens is 1.